The van der Waals surface area contributed by atoms with E-state index >= 15 is 0 Å². The molecule has 24 heavy (non-hydrogen) atoms. The molecule has 2 rings (SSSR count). The Morgan fingerprint density at radius 2 is 1.88 bits per heavy atom. The van der Waals surface area contributed by atoms with E-state index in [4.69, 9.17) is 9.47 Å². The number of morpholine rings is 1. The van der Waals surface area contributed by atoms with Crippen LogP contribution in [-0.2, 0) is 19.5 Å². The maximum atomic E-state index is 12.4. The van der Waals surface area contributed by atoms with E-state index in [2.05, 4.69) is 23.5 Å². The van der Waals surface area contributed by atoms with Gasteiger partial charge in [-0.2, -0.15) is 0 Å². The predicted octanol–water partition coefficient (Wildman–Crippen LogP) is 1.61. The average molecular weight is 363 g/mol. The fourth-order valence-corrected chi connectivity index (χ4v) is 4.94. The molecule has 2 fully saturated rings. The molecule has 6 nitrogen and oxygen atoms in total. The van der Waals surface area contributed by atoms with E-state index < -0.39 is 10.0 Å². The normalized spacial score (nSPS) is 22.8. The summed E-state index contributed by atoms with van der Waals surface area (Å²) in [6, 6.07) is 0. The van der Waals surface area contributed by atoms with Crippen molar-refractivity contribution >= 4 is 10.0 Å². The summed E-state index contributed by atoms with van der Waals surface area (Å²) in [4.78, 5) is 2.28. The van der Waals surface area contributed by atoms with Crippen molar-refractivity contribution in [2.75, 3.05) is 45.2 Å². The highest BCUT2D eigenvalue weighted by Gasteiger charge is 2.30. The van der Waals surface area contributed by atoms with Crippen molar-refractivity contribution in [3.05, 3.63) is 0 Å². The van der Waals surface area contributed by atoms with Crippen molar-refractivity contribution in [2.24, 2.45) is 5.92 Å². The monoisotopic (exact) mass is 362 g/mol. The molecular weight excluding hydrogens is 328 g/mol. The van der Waals surface area contributed by atoms with E-state index in [9.17, 15) is 8.42 Å². The number of nitrogens with zero attached hydrogens (tertiary/aromatic N) is 1. The topological polar surface area (TPSA) is 67.9 Å². The Morgan fingerprint density at radius 1 is 1.25 bits per heavy atom. The number of nitrogens with one attached hydrogen (secondary N) is 1. The van der Waals surface area contributed by atoms with Crippen molar-refractivity contribution in [1.82, 2.24) is 9.62 Å². The molecule has 1 N–H and O–H groups in total. The Morgan fingerprint density at radius 3 is 2.50 bits per heavy atom. The van der Waals surface area contributed by atoms with Crippen LogP contribution in [0, 0.1) is 5.92 Å². The van der Waals surface area contributed by atoms with Gasteiger partial charge in [0.15, 0.2) is 0 Å². The average Bonchev–Trinajstić information content (AvgIpc) is 3.05. The summed E-state index contributed by atoms with van der Waals surface area (Å²) in [5.74, 6) is 0.133. The number of sulfonamides is 1. The lowest BCUT2D eigenvalue weighted by atomic mass is 10.0. The smallest absolute Gasteiger partial charge is 0.212 e. The minimum atomic E-state index is -3.29. The van der Waals surface area contributed by atoms with E-state index in [1.807, 2.05) is 6.92 Å². The minimum absolute atomic E-state index is 0.00889. The first kappa shape index (κ1) is 20.1. The van der Waals surface area contributed by atoms with Crippen LogP contribution in [0.2, 0.25) is 0 Å². The fourth-order valence-electron chi connectivity index (χ4n) is 3.40. The molecule has 0 radical (unpaired) electrons. The Kier molecular flexibility index (Phi) is 7.49. The molecule has 1 saturated carbocycles. The summed E-state index contributed by atoms with van der Waals surface area (Å²) in [6.45, 7) is 10.2. The van der Waals surface area contributed by atoms with Crippen molar-refractivity contribution in [1.29, 1.82) is 0 Å². The number of hydrogen-bond acceptors (Lipinski definition) is 5. The molecule has 142 valence electrons. The predicted molar refractivity (Wildman–Crippen MR) is 95.6 cm³/mol. The molecule has 0 amide bonds. The zero-order valence-electron chi connectivity index (χ0n) is 15.4. The van der Waals surface area contributed by atoms with E-state index in [-0.39, 0.29) is 17.2 Å². The van der Waals surface area contributed by atoms with Crippen molar-refractivity contribution < 1.29 is 17.9 Å². The van der Waals surface area contributed by atoms with Gasteiger partial charge in [0.25, 0.3) is 0 Å². The lowest BCUT2D eigenvalue weighted by Crippen LogP contribution is -2.55. The van der Waals surface area contributed by atoms with E-state index in [1.54, 1.807) is 0 Å². The maximum absolute atomic E-state index is 12.4. The Bertz CT molecular complexity index is 469. The van der Waals surface area contributed by atoms with Crippen molar-refractivity contribution in [2.45, 2.75) is 58.1 Å². The van der Waals surface area contributed by atoms with Gasteiger partial charge in [0, 0.05) is 25.2 Å². The molecule has 0 aromatic carbocycles. The third-order valence-electron chi connectivity index (χ3n) is 5.01. The molecule has 0 aromatic rings. The molecule has 1 heterocycles. The number of rotatable bonds is 9. The van der Waals surface area contributed by atoms with Crippen molar-refractivity contribution in [3.8, 4) is 0 Å². The summed E-state index contributed by atoms with van der Waals surface area (Å²) >= 11 is 0. The summed E-state index contributed by atoms with van der Waals surface area (Å²) in [7, 11) is -3.29. The highest BCUT2D eigenvalue weighted by Crippen LogP contribution is 2.21. The first-order valence-corrected chi connectivity index (χ1v) is 10.9. The van der Waals surface area contributed by atoms with Gasteiger partial charge in [0.2, 0.25) is 10.0 Å². The molecule has 0 aromatic heterocycles. The first-order chi connectivity index (χ1) is 11.3. The lowest BCUT2D eigenvalue weighted by Gasteiger charge is -2.40. The second kappa shape index (κ2) is 8.94. The summed E-state index contributed by atoms with van der Waals surface area (Å²) < 4.78 is 38.7. The van der Waals surface area contributed by atoms with Gasteiger partial charge >= 0.3 is 0 Å². The SMILES string of the molecule is CC(COC1CCCC1)CS(=O)(=O)NCC(C)(C)N1CCOCC1. The van der Waals surface area contributed by atoms with Gasteiger partial charge in [0.1, 0.15) is 0 Å². The second-order valence-corrected chi connectivity index (χ2v) is 9.71. The molecular formula is C17H34N2O4S. The zero-order valence-corrected chi connectivity index (χ0v) is 16.2. The number of hydrogen-bond donors (Lipinski definition) is 1. The van der Waals surface area contributed by atoms with Gasteiger partial charge in [0.05, 0.1) is 31.7 Å². The largest absolute Gasteiger partial charge is 0.379 e. The first-order valence-electron chi connectivity index (χ1n) is 9.20. The van der Waals surface area contributed by atoms with Gasteiger partial charge < -0.3 is 9.47 Å². The fraction of sp³-hybridized carbons (Fsp3) is 1.00. The van der Waals surface area contributed by atoms with Crippen LogP contribution in [0.3, 0.4) is 0 Å². The van der Waals surface area contributed by atoms with E-state index in [0.717, 1.165) is 25.9 Å². The highest BCUT2D eigenvalue weighted by molar-refractivity contribution is 7.89. The van der Waals surface area contributed by atoms with Gasteiger partial charge in [-0.25, -0.2) is 13.1 Å². The van der Waals surface area contributed by atoms with Gasteiger partial charge in [-0.05, 0) is 32.6 Å². The third-order valence-corrected chi connectivity index (χ3v) is 6.61. The maximum Gasteiger partial charge on any atom is 0.212 e. The molecule has 7 heteroatoms. The minimum Gasteiger partial charge on any atom is -0.379 e. The molecule has 1 aliphatic carbocycles. The van der Waals surface area contributed by atoms with Gasteiger partial charge in [-0.3, -0.25) is 4.90 Å². The van der Waals surface area contributed by atoms with E-state index in [0.29, 0.717) is 32.5 Å². The van der Waals surface area contributed by atoms with Crippen LogP contribution in [0.4, 0.5) is 0 Å². The second-order valence-electron chi connectivity index (χ2n) is 7.86. The standard InChI is InChI=1S/C17H34N2O4S/c1-15(12-23-16-6-4-5-7-16)13-24(20,21)18-14-17(2,3)19-8-10-22-11-9-19/h15-16,18H,4-14H2,1-3H3. The van der Waals surface area contributed by atoms with Gasteiger partial charge in [-0.15, -0.1) is 0 Å². The Balaban J connectivity index is 1.73. The van der Waals surface area contributed by atoms with Crippen LogP contribution >= 0.6 is 0 Å². The third kappa shape index (κ3) is 6.59. The number of ether oxygens (including phenoxy) is 2. The molecule has 1 unspecified atom stereocenters. The van der Waals surface area contributed by atoms with Crippen LogP contribution in [0.25, 0.3) is 0 Å². The Hall–Kier alpha value is -0.210. The highest BCUT2D eigenvalue weighted by atomic mass is 32.2. The van der Waals surface area contributed by atoms with Gasteiger partial charge in [-0.1, -0.05) is 19.8 Å². The zero-order chi connectivity index (χ0) is 17.6. The van der Waals surface area contributed by atoms with Crippen molar-refractivity contribution in [3.63, 3.8) is 0 Å². The van der Waals surface area contributed by atoms with Crippen LogP contribution < -0.4 is 4.72 Å². The van der Waals surface area contributed by atoms with Crippen LogP contribution in [-0.4, -0.2) is 70.2 Å². The van der Waals surface area contributed by atoms with E-state index in [1.165, 1.54) is 12.8 Å². The van der Waals surface area contributed by atoms with Crippen LogP contribution in [0.1, 0.15) is 46.5 Å². The van der Waals surface area contributed by atoms with Crippen LogP contribution in [0.5, 0.6) is 0 Å². The van der Waals surface area contributed by atoms with Crippen LogP contribution in [0.15, 0.2) is 0 Å². The molecule has 1 atom stereocenters. The molecule has 1 saturated heterocycles. The summed E-state index contributed by atoms with van der Waals surface area (Å²) in [5, 5.41) is 0. The molecule has 2 aliphatic rings. The molecule has 0 bridgehead atoms. The molecule has 1 aliphatic heterocycles. The Labute approximate surface area is 147 Å². The summed E-state index contributed by atoms with van der Waals surface area (Å²) in [5.41, 5.74) is -0.208. The molecule has 0 spiro atoms. The quantitative estimate of drug-likeness (QED) is 0.675. The lowest BCUT2D eigenvalue weighted by molar-refractivity contribution is -0.00805. The summed E-state index contributed by atoms with van der Waals surface area (Å²) in [6.07, 6.45) is 5.03.